The maximum atomic E-state index is 12.7. The molecule has 0 atom stereocenters. The second-order valence-electron chi connectivity index (χ2n) is 5.06. The van der Waals surface area contributed by atoms with Crippen LogP contribution in [0.15, 0.2) is 33.4 Å². The van der Waals surface area contributed by atoms with Gasteiger partial charge in [0.2, 0.25) is 5.13 Å². The first-order valence-electron chi connectivity index (χ1n) is 7.04. The lowest BCUT2D eigenvalue weighted by Gasteiger charge is -2.05. The topological polar surface area (TPSA) is 107 Å². The number of rotatable bonds is 3. The van der Waals surface area contributed by atoms with Crippen molar-refractivity contribution in [3.63, 3.8) is 0 Å². The van der Waals surface area contributed by atoms with Crippen LogP contribution in [-0.4, -0.2) is 26.2 Å². The molecule has 4 aromatic heterocycles. The summed E-state index contributed by atoms with van der Waals surface area (Å²) in [5, 5.41) is 16.2. The minimum atomic E-state index is -0.336. The molecular formula is C15H11N5O3S. The Morgan fingerprint density at radius 2 is 2.17 bits per heavy atom. The number of fused-ring (bicyclic) bond motifs is 1. The smallest absolute Gasteiger partial charge is 0.259 e. The van der Waals surface area contributed by atoms with Gasteiger partial charge >= 0.3 is 0 Å². The number of furan rings is 1. The molecule has 9 heteroatoms. The molecule has 0 aliphatic carbocycles. The van der Waals surface area contributed by atoms with Crippen LogP contribution in [0.25, 0.3) is 22.6 Å². The van der Waals surface area contributed by atoms with Gasteiger partial charge in [-0.1, -0.05) is 16.5 Å². The van der Waals surface area contributed by atoms with Gasteiger partial charge in [0.15, 0.2) is 5.76 Å². The van der Waals surface area contributed by atoms with Crippen LogP contribution in [0.2, 0.25) is 0 Å². The third-order valence-corrected chi connectivity index (χ3v) is 4.14. The molecule has 0 aliphatic heterocycles. The molecule has 0 spiro atoms. The molecule has 24 heavy (non-hydrogen) atoms. The zero-order chi connectivity index (χ0) is 16.7. The Kier molecular flexibility index (Phi) is 3.35. The van der Waals surface area contributed by atoms with Gasteiger partial charge in [-0.3, -0.25) is 10.1 Å². The summed E-state index contributed by atoms with van der Waals surface area (Å²) < 4.78 is 10.6. The predicted molar refractivity (Wildman–Crippen MR) is 86.8 cm³/mol. The molecule has 0 unspecified atom stereocenters. The third kappa shape index (κ3) is 2.44. The van der Waals surface area contributed by atoms with Gasteiger partial charge < -0.3 is 8.94 Å². The SMILES string of the molecule is Cc1nnc(NC(=O)c2cc(-c3ccco3)nc3onc(C)c23)s1. The van der Waals surface area contributed by atoms with E-state index < -0.39 is 0 Å². The average Bonchev–Trinajstić information content (AvgIpc) is 3.29. The van der Waals surface area contributed by atoms with Gasteiger partial charge in [0, 0.05) is 0 Å². The van der Waals surface area contributed by atoms with Crippen LogP contribution in [0.5, 0.6) is 0 Å². The van der Waals surface area contributed by atoms with Crippen LogP contribution in [0, 0.1) is 13.8 Å². The van der Waals surface area contributed by atoms with Gasteiger partial charge in [-0.2, -0.15) is 0 Å². The van der Waals surface area contributed by atoms with Crippen LogP contribution in [0.3, 0.4) is 0 Å². The van der Waals surface area contributed by atoms with Crippen molar-refractivity contribution in [2.45, 2.75) is 13.8 Å². The van der Waals surface area contributed by atoms with Gasteiger partial charge in [-0.05, 0) is 32.0 Å². The van der Waals surface area contributed by atoms with Crippen molar-refractivity contribution >= 4 is 33.5 Å². The Morgan fingerprint density at radius 3 is 2.88 bits per heavy atom. The van der Waals surface area contributed by atoms with Gasteiger partial charge in [0.25, 0.3) is 11.6 Å². The maximum Gasteiger partial charge on any atom is 0.259 e. The monoisotopic (exact) mass is 341 g/mol. The standard InChI is InChI=1S/C15H11N5O3S/c1-7-12-9(13(21)17-15-19-18-8(2)24-15)6-10(11-4-3-5-22-11)16-14(12)23-20-7/h3-6H,1-2H3,(H,17,19,21). The molecule has 0 saturated carbocycles. The van der Waals surface area contributed by atoms with Crippen molar-refractivity contribution in [2.75, 3.05) is 5.32 Å². The van der Waals surface area contributed by atoms with Crippen LogP contribution in [-0.2, 0) is 0 Å². The van der Waals surface area contributed by atoms with Crippen LogP contribution in [0.1, 0.15) is 21.1 Å². The van der Waals surface area contributed by atoms with E-state index in [-0.39, 0.29) is 11.6 Å². The maximum absolute atomic E-state index is 12.7. The van der Waals surface area contributed by atoms with Crippen LogP contribution >= 0.6 is 11.3 Å². The van der Waals surface area contributed by atoms with Crippen LogP contribution < -0.4 is 5.32 Å². The van der Waals surface area contributed by atoms with E-state index in [9.17, 15) is 4.79 Å². The van der Waals surface area contributed by atoms with E-state index in [1.54, 1.807) is 25.1 Å². The van der Waals surface area contributed by atoms with Crippen LogP contribution in [0.4, 0.5) is 5.13 Å². The zero-order valence-corrected chi connectivity index (χ0v) is 13.5. The second kappa shape index (κ2) is 5.53. The van der Waals surface area contributed by atoms with Gasteiger partial charge in [0.1, 0.15) is 10.7 Å². The lowest BCUT2D eigenvalue weighted by molar-refractivity contribution is 0.102. The summed E-state index contributed by atoms with van der Waals surface area (Å²) in [6.07, 6.45) is 1.54. The van der Waals surface area contributed by atoms with Crippen molar-refractivity contribution in [3.05, 3.63) is 40.7 Å². The Bertz CT molecular complexity index is 1030. The first kappa shape index (κ1) is 14.5. The van der Waals surface area contributed by atoms with Gasteiger partial charge in [-0.25, -0.2) is 4.98 Å². The molecule has 0 aromatic carbocycles. The minimum Gasteiger partial charge on any atom is -0.463 e. The fourth-order valence-corrected chi connectivity index (χ4v) is 2.92. The number of carbonyl (C=O) groups excluding carboxylic acids is 1. The molecule has 0 aliphatic rings. The first-order chi connectivity index (χ1) is 11.6. The summed E-state index contributed by atoms with van der Waals surface area (Å²) in [5.41, 5.74) is 1.74. The van der Waals surface area contributed by atoms with E-state index >= 15 is 0 Å². The molecule has 4 rings (SSSR count). The van der Waals surface area contributed by atoms with Crippen molar-refractivity contribution in [1.29, 1.82) is 0 Å². The number of anilines is 1. The normalized spacial score (nSPS) is 11.1. The highest BCUT2D eigenvalue weighted by Crippen LogP contribution is 2.28. The highest BCUT2D eigenvalue weighted by Gasteiger charge is 2.21. The fourth-order valence-electron chi connectivity index (χ4n) is 2.34. The number of aromatic nitrogens is 4. The van der Waals surface area contributed by atoms with E-state index in [1.165, 1.54) is 17.6 Å². The lowest BCUT2D eigenvalue weighted by atomic mass is 10.1. The molecule has 0 fully saturated rings. The molecule has 0 radical (unpaired) electrons. The first-order valence-corrected chi connectivity index (χ1v) is 7.86. The number of nitrogens with zero attached hydrogens (tertiary/aromatic N) is 4. The highest BCUT2D eigenvalue weighted by atomic mass is 32.1. The Labute approximate surface area is 139 Å². The van der Waals surface area contributed by atoms with Crippen molar-refractivity contribution in [2.24, 2.45) is 0 Å². The molecule has 4 heterocycles. The summed E-state index contributed by atoms with van der Waals surface area (Å²) in [6, 6.07) is 5.15. The molecule has 1 N–H and O–H groups in total. The van der Waals surface area contributed by atoms with Gasteiger partial charge in [-0.15, -0.1) is 10.2 Å². The number of carbonyl (C=O) groups is 1. The highest BCUT2D eigenvalue weighted by molar-refractivity contribution is 7.15. The van der Waals surface area contributed by atoms with E-state index in [4.69, 9.17) is 8.94 Å². The molecule has 8 nitrogen and oxygen atoms in total. The van der Waals surface area contributed by atoms with E-state index in [0.29, 0.717) is 33.2 Å². The Morgan fingerprint density at radius 1 is 1.29 bits per heavy atom. The average molecular weight is 341 g/mol. The number of pyridine rings is 1. The molecule has 120 valence electrons. The number of aryl methyl sites for hydroxylation is 2. The summed E-state index contributed by atoms with van der Waals surface area (Å²) in [6.45, 7) is 3.57. The minimum absolute atomic E-state index is 0.278. The molecule has 4 aromatic rings. The van der Waals surface area contributed by atoms with Gasteiger partial charge in [0.05, 0.1) is 22.9 Å². The lowest BCUT2D eigenvalue weighted by Crippen LogP contribution is -2.13. The molecular weight excluding hydrogens is 330 g/mol. The van der Waals surface area contributed by atoms with Crippen molar-refractivity contribution in [3.8, 4) is 11.5 Å². The molecule has 0 bridgehead atoms. The van der Waals surface area contributed by atoms with Crippen molar-refractivity contribution < 1.29 is 13.7 Å². The molecule has 1 amide bonds. The predicted octanol–water partition coefficient (Wildman–Crippen LogP) is 3.20. The quantitative estimate of drug-likeness (QED) is 0.609. The Balaban J connectivity index is 1.83. The number of nitrogens with one attached hydrogen (secondary N) is 1. The second-order valence-corrected chi connectivity index (χ2v) is 6.24. The summed E-state index contributed by atoms with van der Waals surface area (Å²) in [7, 11) is 0. The fraction of sp³-hybridized carbons (Fsp3) is 0.133. The Hall–Kier alpha value is -3.07. The summed E-state index contributed by atoms with van der Waals surface area (Å²) >= 11 is 1.30. The third-order valence-electron chi connectivity index (χ3n) is 3.38. The van der Waals surface area contributed by atoms with Crippen molar-refractivity contribution in [1.82, 2.24) is 20.3 Å². The van der Waals surface area contributed by atoms with E-state index in [2.05, 4.69) is 25.7 Å². The zero-order valence-electron chi connectivity index (χ0n) is 12.7. The number of hydrogen-bond donors (Lipinski definition) is 1. The summed E-state index contributed by atoms with van der Waals surface area (Å²) in [5.74, 6) is 0.199. The number of hydrogen-bond acceptors (Lipinski definition) is 8. The number of amides is 1. The largest absolute Gasteiger partial charge is 0.463 e. The van der Waals surface area contributed by atoms with E-state index in [1.807, 2.05) is 6.92 Å². The summed E-state index contributed by atoms with van der Waals surface area (Å²) in [4.78, 5) is 17.1. The van der Waals surface area contributed by atoms with E-state index in [0.717, 1.165) is 5.01 Å². The molecule has 0 saturated heterocycles.